The summed E-state index contributed by atoms with van der Waals surface area (Å²) in [6.07, 6.45) is 10.1. The van der Waals surface area contributed by atoms with Gasteiger partial charge in [0, 0.05) is 55.3 Å². The Labute approximate surface area is 226 Å². The number of nitrogens with one attached hydrogen (secondary N) is 1. The van der Waals surface area contributed by atoms with Gasteiger partial charge in [0.25, 0.3) is 0 Å². The van der Waals surface area contributed by atoms with Crippen molar-refractivity contribution in [2.45, 2.75) is 32.4 Å². The highest BCUT2D eigenvalue weighted by Crippen LogP contribution is 2.35. The second-order valence-corrected chi connectivity index (χ2v) is 10.5. The number of hydrogen-bond donors (Lipinski definition) is 1. The van der Waals surface area contributed by atoms with Gasteiger partial charge < -0.3 is 14.4 Å². The molecule has 0 aromatic carbocycles. The Kier molecular flexibility index (Phi) is 6.04. The Morgan fingerprint density at radius 3 is 2.82 bits per heavy atom. The molecule has 10 nitrogen and oxygen atoms in total. The molecule has 0 radical (unpaired) electrons. The van der Waals surface area contributed by atoms with Crippen LogP contribution >= 0.6 is 0 Å². The third kappa shape index (κ3) is 4.44. The van der Waals surface area contributed by atoms with Crippen LogP contribution in [-0.2, 0) is 6.54 Å². The predicted molar refractivity (Wildman–Crippen MR) is 149 cm³/mol. The van der Waals surface area contributed by atoms with Gasteiger partial charge in [0.2, 0.25) is 5.88 Å². The van der Waals surface area contributed by atoms with Gasteiger partial charge >= 0.3 is 0 Å². The van der Waals surface area contributed by atoms with Crippen molar-refractivity contribution in [3.63, 3.8) is 0 Å². The summed E-state index contributed by atoms with van der Waals surface area (Å²) in [5, 5.41) is 12.8. The fraction of sp³-hybridized carbons (Fsp3) is 0.379. The normalized spacial score (nSPS) is 19.6. The summed E-state index contributed by atoms with van der Waals surface area (Å²) in [6, 6.07) is 11.0. The van der Waals surface area contributed by atoms with Crippen LogP contribution in [0.5, 0.6) is 11.6 Å². The molecule has 7 rings (SSSR count). The lowest BCUT2D eigenvalue weighted by Gasteiger charge is -2.47. The zero-order valence-corrected chi connectivity index (χ0v) is 22.2. The molecule has 0 spiro atoms. The first kappa shape index (κ1) is 23.9. The van der Waals surface area contributed by atoms with E-state index in [-0.39, 0.29) is 0 Å². The molecule has 39 heavy (non-hydrogen) atoms. The topological polar surface area (TPSA) is 96.7 Å². The molecule has 1 N–H and O–H groups in total. The number of methoxy groups -OCH3 is 1. The molecule has 5 aromatic rings. The largest absolute Gasteiger partial charge is 0.492 e. The second kappa shape index (κ2) is 9.85. The number of piperidine rings is 2. The highest BCUT2D eigenvalue weighted by Gasteiger charge is 2.35. The molecular formula is C29H32N8O2. The molecule has 2 fully saturated rings. The lowest BCUT2D eigenvalue weighted by atomic mass is 9.86. The number of H-pyrrole nitrogens is 1. The Morgan fingerprint density at radius 1 is 1.08 bits per heavy atom. The number of pyridine rings is 3. The van der Waals surface area contributed by atoms with Gasteiger partial charge in [-0.25, -0.2) is 14.5 Å². The van der Waals surface area contributed by atoms with Crippen LogP contribution < -0.4 is 14.4 Å². The minimum atomic E-state index is 0.504. The lowest BCUT2D eigenvalue weighted by Crippen LogP contribution is -2.55. The number of aromatic nitrogens is 6. The van der Waals surface area contributed by atoms with Crippen LogP contribution in [0.15, 0.2) is 55.1 Å². The number of aromatic amines is 1. The minimum Gasteiger partial charge on any atom is -0.492 e. The van der Waals surface area contributed by atoms with E-state index < -0.39 is 0 Å². The molecule has 2 saturated heterocycles. The van der Waals surface area contributed by atoms with Gasteiger partial charge in [-0.15, -0.1) is 5.10 Å². The molecule has 2 aliphatic heterocycles. The number of ether oxygens (including phenoxy) is 2. The first-order valence-corrected chi connectivity index (χ1v) is 13.6. The van der Waals surface area contributed by atoms with Gasteiger partial charge in [0.05, 0.1) is 37.0 Å². The minimum absolute atomic E-state index is 0.504. The standard InChI is InChI=1S/C29H32N8O2/c1-3-39-23-11-24(28-25-14-32-33-29(25)34-37(28)18-23)21-5-6-26(30-13-21)36-15-19-8-9-35(22(10-19)17-36)16-20-4-7-27(38-2)31-12-20/h4-7,11-14,18-19,22H,3,8-10,15-17H2,1-2H3,(H,33,34). The zero-order valence-electron chi connectivity index (χ0n) is 22.2. The van der Waals surface area contributed by atoms with Gasteiger partial charge in [-0.1, -0.05) is 6.07 Å². The molecule has 2 unspecified atom stereocenters. The first-order chi connectivity index (χ1) is 19.2. The highest BCUT2D eigenvalue weighted by molar-refractivity contribution is 6.00. The third-order valence-corrected chi connectivity index (χ3v) is 8.04. The summed E-state index contributed by atoms with van der Waals surface area (Å²) < 4.78 is 12.9. The average molecular weight is 525 g/mol. The molecule has 0 saturated carbocycles. The number of hydrogen-bond acceptors (Lipinski definition) is 8. The maximum atomic E-state index is 5.84. The van der Waals surface area contributed by atoms with Crippen LogP contribution in [0.3, 0.4) is 0 Å². The van der Waals surface area contributed by atoms with E-state index in [9.17, 15) is 0 Å². The van der Waals surface area contributed by atoms with Gasteiger partial charge in [0.1, 0.15) is 11.6 Å². The van der Waals surface area contributed by atoms with Crippen molar-refractivity contribution in [1.82, 2.24) is 34.7 Å². The third-order valence-electron chi connectivity index (χ3n) is 8.04. The Morgan fingerprint density at radius 2 is 2.03 bits per heavy atom. The second-order valence-electron chi connectivity index (χ2n) is 10.5. The van der Waals surface area contributed by atoms with E-state index in [1.807, 2.05) is 42.3 Å². The van der Waals surface area contributed by atoms with E-state index in [0.717, 1.165) is 65.4 Å². The van der Waals surface area contributed by atoms with Crippen molar-refractivity contribution in [2.24, 2.45) is 5.92 Å². The van der Waals surface area contributed by atoms with Crippen LogP contribution in [0.2, 0.25) is 0 Å². The van der Waals surface area contributed by atoms with E-state index in [0.29, 0.717) is 24.4 Å². The predicted octanol–water partition coefficient (Wildman–Crippen LogP) is 4.18. The number of rotatable bonds is 7. The van der Waals surface area contributed by atoms with Gasteiger partial charge in [0.15, 0.2) is 5.65 Å². The number of fused-ring (bicyclic) bond motifs is 5. The Balaban J connectivity index is 1.14. The van der Waals surface area contributed by atoms with Crippen LogP contribution in [0.1, 0.15) is 25.3 Å². The highest BCUT2D eigenvalue weighted by atomic mass is 16.5. The Bertz CT molecular complexity index is 1590. The van der Waals surface area contributed by atoms with Crippen molar-refractivity contribution in [3.05, 3.63) is 60.7 Å². The van der Waals surface area contributed by atoms with E-state index in [1.54, 1.807) is 7.11 Å². The maximum absolute atomic E-state index is 5.84. The summed E-state index contributed by atoms with van der Waals surface area (Å²) in [5.74, 6) is 3.15. The first-order valence-electron chi connectivity index (χ1n) is 13.6. The SMILES string of the molecule is CCOc1cc(-c2ccc(N3CC4CCN(Cc5ccc(OC)nc5)C(C4)C3)nc2)c2c3cn[nH]c3nn2c1. The molecule has 2 bridgehead atoms. The molecule has 10 heteroatoms. The van der Waals surface area contributed by atoms with E-state index in [2.05, 4.69) is 54.3 Å². The van der Waals surface area contributed by atoms with Gasteiger partial charge in [-0.2, -0.15) is 5.10 Å². The quantitative estimate of drug-likeness (QED) is 0.339. The Hall–Kier alpha value is -4.18. The monoisotopic (exact) mass is 524 g/mol. The van der Waals surface area contributed by atoms with Crippen molar-refractivity contribution in [3.8, 4) is 22.8 Å². The van der Waals surface area contributed by atoms with Crippen molar-refractivity contribution in [1.29, 1.82) is 0 Å². The molecule has 7 heterocycles. The van der Waals surface area contributed by atoms with E-state index in [1.165, 1.54) is 18.4 Å². The molecule has 2 aliphatic rings. The van der Waals surface area contributed by atoms with Crippen LogP contribution in [0.4, 0.5) is 5.82 Å². The summed E-state index contributed by atoms with van der Waals surface area (Å²) in [5.41, 5.74) is 5.02. The fourth-order valence-corrected chi connectivity index (χ4v) is 6.17. The lowest BCUT2D eigenvalue weighted by molar-refractivity contribution is 0.0894. The van der Waals surface area contributed by atoms with Crippen molar-refractivity contribution >= 4 is 22.4 Å². The summed E-state index contributed by atoms with van der Waals surface area (Å²) in [7, 11) is 1.65. The van der Waals surface area contributed by atoms with Crippen LogP contribution in [0, 0.1) is 5.92 Å². The summed E-state index contributed by atoms with van der Waals surface area (Å²) >= 11 is 0. The van der Waals surface area contributed by atoms with Gasteiger partial charge in [-0.3, -0.25) is 10.00 Å². The molecule has 0 aliphatic carbocycles. The van der Waals surface area contributed by atoms with Crippen molar-refractivity contribution < 1.29 is 9.47 Å². The molecule has 2 atom stereocenters. The average Bonchev–Trinajstić information content (AvgIpc) is 3.56. The molecule has 5 aromatic heterocycles. The van der Waals surface area contributed by atoms with Crippen LogP contribution in [-0.4, -0.2) is 74.1 Å². The molecule has 0 amide bonds. The molecular weight excluding hydrogens is 492 g/mol. The van der Waals surface area contributed by atoms with Gasteiger partial charge in [-0.05, 0) is 56.0 Å². The smallest absolute Gasteiger partial charge is 0.212 e. The number of nitrogens with zero attached hydrogens (tertiary/aromatic N) is 7. The number of anilines is 1. The van der Waals surface area contributed by atoms with Crippen molar-refractivity contribution in [2.75, 3.05) is 38.3 Å². The molecule has 200 valence electrons. The van der Waals surface area contributed by atoms with E-state index in [4.69, 9.17) is 14.5 Å². The fourth-order valence-electron chi connectivity index (χ4n) is 6.17. The summed E-state index contributed by atoms with van der Waals surface area (Å²) in [4.78, 5) is 14.4. The van der Waals surface area contributed by atoms with E-state index >= 15 is 0 Å². The van der Waals surface area contributed by atoms with Crippen LogP contribution in [0.25, 0.3) is 27.7 Å². The maximum Gasteiger partial charge on any atom is 0.212 e. The zero-order chi connectivity index (χ0) is 26.3. The summed E-state index contributed by atoms with van der Waals surface area (Å²) in [6.45, 7) is 6.65. The number of likely N-dealkylation sites (tertiary alicyclic amines) is 1.